The number of hydrogen-bond donors (Lipinski definition) is 1. The molecule has 1 heterocycles. The molecular formula is C30H40N4O5. The predicted molar refractivity (Wildman–Crippen MR) is 153 cm³/mol. The maximum atomic E-state index is 12.9. The van der Waals surface area contributed by atoms with Crippen LogP contribution in [0.1, 0.15) is 45.4 Å². The molecule has 0 fully saturated rings. The first-order valence-corrected chi connectivity index (χ1v) is 13.2. The summed E-state index contributed by atoms with van der Waals surface area (Å²) in [5.41, 5.74) is 1.27. The van der Waals surface area contributed by atoms with Crippen LogP contribution in [0.15, 0.2) is 48.3 Å². The van der Waals surface area contributed by atoms with Crippen LogP contribution in [-0.4, -0.2) is 72.3 Å². The summed E-state index contributed by atoms with van der Waals surface area (Å²) in [6.45, 7) is 7.09. The third kappa shape index (κ3) is 5.74. The highest BCUT2D eigenvalue weighted by Gasteiger charge is 2.32. The van der Waals surface area contributed by atoms with Crippen molar-refractivity contribution in [3.8, 4) is 11.5 Å². The molecule has 4 rings (SSSR count). The first kappa shape index (κ1) is 28.4. The fourth-order valence-electron chi connectivity index (χ4n) is 4.83. The average molecular weight is 537 g/mol. The number of aromatic nitrogens is 2. The summed E-state index contributed by atoms with van der Waals surface area (Å²) in [6.07, 6.45) is 6.08. The average Bonchev–Trinajstić information content (AvgIpc) is 3.15. The van der Waals surface area contributed by atoms with E-state index in [1.165, 1.54) is 9.80 Å². The monoisotopic (exact) mass is 536 g/mol. The summed E-state index contributed by atoms with van der Waals surface area (Å²) in [4.78, 5) is 20.9. The van der Waals surface area contributed by atoms with E-state index in [4.69, 9.17) is 19.2 Å². The number of benzene rings is 2. The molecule has 2 atom stereocenters. The second-order valence-electron chi connectivity index (χ2n) is 11.2. The van der Waals surface area contributed by atoms with Gasteiger partial charge in [0.25, 0.3) is 6.41 Å². The molecule has 2 aromatic carbocycles. The van der Waals surface area contributed by atoms with Crippen molar-refractivity contribution in [1.29, 1.82) is 0 Å². The van der Waals surface area contributed by atoms with Gasteiger partial charge < -0.3 is 28.8 Å². The molecule has 210 valence electrons. The normalized spacial score (nSPS) is 18.4. The van der Waals surface area contributed by atoms with Gasteiger partial charge in [0, 0.05) is 37.3 Å². The van der Waals surface area contributed by atoms with Crippen LogP contribution in [0.25, 0.3) is 21.8 Å². The molecule has 3 aromatic rings. The number of fused-ring (bicyclic) bond motifs is 3. The molecule has 1 N–H and O–H groups in total. The Morgan fingerprint density at radius 3 is 2.44 bits per heavy atom. The lowest BCUT2D eigenvalue weighted by Gasteiger charge is -2.30. The first-order valence-electron chi connectivity index (χ1n) is 13.2. The first-order chi connectivity index (χ1) is 18.5. The number of hydrogen-bond acceptors (Lipinski definition) is 7. The number of imidazole rings is 1. The van der Waals surface area contributed by atoms with Crippen molar-refractivity contribution in [2.24, 2.45) is 5.41 Å². The Balaban J connectivity index is 2.05. The van der Waals surface area contributed by atoms with Crippen molar-refractivity contribution in [2.45, 2.75) is 52.5 Å². The molecule has 0 spiro atoms. The molecular weight excluding hydrogens is 496 g/mol. The van der Waals surface area contributed by atoms with E-state index in [9.17, 15) is 9.90 Å². The maximum Gasteiger partial charge on any atom is 0.414 e. The summed E-state index contributed by atoms with van der Waals surface area (Å²) in [5.74, 6) is 2.37. The van der Waals surface area contributed by atoms with Gasteiger partial charge in [0.2, 0.25) is 0 Å². The highest BCUT2D eigenvalue weighted by molar-refractivity contribution is 6.11. The number of aliphatic hydroxyl groups excluding tert-OH is 1. The molecule has 0 aliphatic heterocycles. The molecule has 0 radical (unpaired) electrons. The van der Waals surface area contributed by atoms with E-state index in [1.54, 1.807) is 35.3 Å². The van der Waals surface area contributed by atoms with Gasteiger partial charge in [-0.3, -0.25) is 4.90 Å². The largest absolute Gasteiger partial charge is 0.497 e. The van der Waals surface area contributed by atoms with Crippen molar-refractivity contribution >= 4 is 27.9 Å². The third-order valence-electron chi connectivity index (χ3n) is 7.05. The van der Waals surface area contributed by atoms with Gasteiger partial charge in [-0.1, -0.05) is 51.1 Å². The van der Waals surface area contributed by atoms with E-state index in [1.807, 2.05) is 30.3 Å². The number of nitrogens with zero attached hydrogens (tertiary/aromatic N) is 4. The summed E-state index contributed by atoms with van der Waals surface area (Å²) in [6, 6.07) is 7.68. The summed E-state index contributed by atoms with van der Waals surface area (Å²) in [7, 11) is 8.36. The molecule has 0 saturated heterocycles. The molecule has 39 heavy (non-hydrogen) atoms. The lowest BCUT2D eigenvalue weighted by atomic mass is 9.83. The summed E-state index contributed by atoms with van der Waals surface area (Å²) < 4.78 is 19.8. The number of carbonyl (C=O) groups excluding carboxylic acids is 1. The van der Waals surface area contributed by atoms with Gasteiger partial charge in [0.05, 0.1) is 7.11 Å². The van der Waals surface area contributed by atoms with Crippen LogP contribution in [0.4, 0.5) is 4.79 Å². The van der Waals surface area contributed by atoms with E-state index >= 15 is 0 Å². The van der Waals surface area contributed by atoms with E-state index in [0.29, 0.717) is 17.4 Å². The van der Waals surface area contributed by atoms with Crippen molar-refractivity contribution in [3.05, 3.63) is 54.1 Å². The minimum absolute atomic E-state index is 0.102. The van der Waals surface area contributed by atoms with Crippen molar-refractivity contribution in [2.75, 3.05) is 35.3 Å². The zero-order valence-corrected chi connectivity index (χ0v) is 24.2. The second-order valence-corrected chi connectivity index (χ2v) is 11.2. The highest BCUT2D eigenvalue weighted by atomic mass is 16.6. The minimum atomic E-state index is -1.28. The van der Waals surface area contributed by atoms with E-state index < -0.39 is 12.5 Å². The Labute approximate surface area is 230 Å². The molecule has 2 unspecified atom stereocenters. The second kappa shape index (κ2) is 11.3. The topological polar surface area (TPSA) is 89.3 Å². The van der Waals surface area contributed by atoms with Crippen molar-refractivity contribution < 1.29 is 24.1 Å². The van der Waals surface area contributed by atoms with Gasteiger partial charge in [0.1, 0.15) is 22.6 Å². The number of rotatable bonds is 8. The minimum Gasteiger partial charge on any atom is -0.497 e. The van der Waals surface area contributed by atoms with Crippen molar-refractivity contribution in [1.82, 2.24) is 19.4 Å². The van der Waals surface area contributed by atoms with E-state index in [-0.39, 0.29) is 22.8 Å². The SMILES string of the molecule is COC1=CCC(C)(Cn2c(C(C)C)nc3c4ccccc4c(OC(=O)N(C)C)c(OC(O)N(C)C)c32)CC=C1. The highest BCUT2D eigenvalue weighted by Crippen LogP contribution is 2.46. The predicted octanol–water partition coefficient (Wildman–Crippen LogP) is 5.48. The zero-order chi connectivity index (χ0) is 28.5. The number of amides is 1. The molecule has 1 aliphatic rings. The molecule has 0 bridgehead atoms. The molecule has 9 heteroatoms. The van der Waals surface area contributed by atoms with Crippen LogP contribution < -0.4 is 9.47 Å². The van der Waals surface area contributed by atoms with Gasteiger partial charge in [-0.15, -0.1) is 0 Å². The Kier molecular flexibility index (Phi) is 8.23. The van der Waals surface area contributed by atoms with Crippen LogP contribution >= 0.6 is 0 Å². The zero-order valence-electron chi connectivity index (χ0n) is 24.2. The summed E-state index contributed by atoms with van der Waals surface area (Å²) >= 11 is 0. The standard InChI is InChI=1S/C30H40N4O5/c1-19(2)27-31-23-21-13-9-10-14-22(21)25(38-28(35)32(4)5)26(39-29(36)33(6)7)24(23)34(27)18-30(3)16-11-12-20(37-8)15-17-30/h9-15,19,29,36H,16-18H2,1-8H3. The molecule has 1 aromatic heterocycles. The van der Waals surface area contributed by atoms with Gasteiger partial charge in [-0.25, -0.2) is 9.78 Å². The van der Waals surface area contributed by atoms with Crippen LogP contribution in [-0.2, 0) is 11.3 Å². The fourth-order valence-corrected chi connectivity index (χ4v) is 4.83. The number of methoxy groups -OCH3 is 1. The molecule has 9 nitrogen and oxygen atoms in total. The fraction of sp³-hybridized carbons (Fsp3) is 0.467. The Bertz CT molecular complexity index is 1420. The Morgan fingerprint density at radius 2 is 1.82 bits per heavy atom. The third-order valence-corrected chi connectivity index (χ3v) is 7.05. The maximum absolute atomic E-state index is 12.9. The Morgan fingerprint density at radius 1 is 1.13 bits per heavy atom. The van der Waals surface area contributed by atoms with Gasteiger partial charge in [-0.05, 0) is 44.5 Å². The molecule has 1 amide bonds. The van der Waals surface area contributed by atoms with E-state index in [0.717, 1.165) is 35.3 Å². The number of aliphatic hydroxyl groups is 1. The quantitative estimate of drug-likeness (QED) is 0.382. The van der Waals surface area contributed by atoms with Crippen LogP contribution in [0.2, 0.25) is 0 Å². The van der Waals surface area contributed by atoms with Crippen LogP contribution in [0.5, 0.6) is 11.5 Å². The van der Waals surface area contributed by atoms with Crippen molar-refractivity contribution in [3.63, 3.8) is 0 Å². The van der Waals surface area contributed by atoms with Gasteiger partial charge in [-0.2, -0.15) is 0 Å². The van der Waals surface area contributed by atoms with E-state index in [2.05, 4.69) is 37.5 Å². The lowest BCUT2D eigenvalue weighted by molar-refractivity contribution is -0.114. The van der Waals surface area contributed by atoms with Gasteiger partial charge in [0.15, 0.2) is 11.5 Å². The van der Waals surface area contributed by atoms with Gasteiger partial charge >= 0.3 is 6.09 Å². The number of allylic oxidation sites excluding steroid dienone is 3. The lowest BCUT2D eigenvalue weighted by Crippen LogP contribution is -2.33. The number of carbonyl (C=O) groups is 1. The molecule has 0 saturated carbocycles. The number of ether oxygens (including phenoxy) is 3. The summed E-state index contributed by atoms with van der Waals surface area (Å²) in [5, 5.41) is 12.4. The van der Waals surface area contributed by atoms with Crippen LogP contribution in [0, 0.1) is 5.41 Å². The smallest absolute Gasteiger partial charge is 0.414 e. The Hall–Kier alpha value is -3.56. The van der Waals surface area contributed by atoms with Crippen LogP contribution in [0.3, 0.4) is 0 Å². The molecule has 1 aliphatic carbocycles.